The van der Waals surface area contributed by atoms with Gasteiger partial charge in [-0.1, -0.05) is 104 Å². The number of carbonyl (C=O) groups is 2. The SMILES string of the molecule is CCCC1(C(=O)O)CCCCC1(CCCCCCCCCCCC(C)C)C(=O)O. The summed E-state index contributed by atoms with van der Waals surface area (Å²) in [6, 6.07) is 0. The van der Waals surface area contributed by atoms with Gasteiger partial charge in [-0.05, 0) is 31.6 Å². The second-order valence-electron chi connectivity index (χ2n) is 9.85. The molecule has 0 radical (unpaired) electrons. The summed E-state index contributed by atoms with van der Waals surface area (Å²) in [5.41, 5.74) is -2.16. The minimum Gasteiger partial charge on any atom is -0.481 e. The number of rotatable bonds is 16. The van der Waals surface area contributed by atoms with E-state index in [1.807, 2.05) is 6.92 Å². The summed E-state index contributed by atoms with van der Waals surface area (Å²) < 4.78 is 0. The molecule has 4 heteroatoms. The quantitative estimate of drug-likeness (QED) is 0.259. The van der Waals surface area contributed by atoms with Crippen LogP contribution in [0.15, 0.2) is 0 Å². The van der Waals surface area contributed by atoms with Crippen LogP contribution in [0.4, 0.5) is 0 Å². The van der Waals surface area contributed by atoms with Crippen LogP contribution in [0.1, 0.15) is 130 Å². The predicted molar refractivity (Wildman–Crippen MR) is 119 cm³/mol. The Labute approximate surface area is 178 Å². The van der Waals surface area contributed by atoms with Crippen LogP contribution < -0.4 is 0 Å². The van der Waals surface area contributed by atoms with E-state index >= 15 is 0 Å². The maximum Gasteiger partial charge on any atom is 0.310 e. The van der Waals surface area contributed by atoms with Crippen molar-refractivity contribution in [1.29, 1.82) is 0 Å². The molecule has 1 aliphatic carbocycles. The summed E-state index contributed by atoms with van der Waals surface area (Å²) in [5.74, 6) is -0.959. The van der Waals surface area contributed by atoms with Crippen molar-refractivity contribution in [3.8, 4) is 0 Å². The summed E-state index contributed by atoms with van der Waals surface area (Å²) in [4.78, 5) is 24.6. The van der Waals surface area contributed by atoms with Gasteiger partial charge >= 0.3 is 11.9 Å². The number of carboxylic acids is 2. The van der Waals surface area contributed by atoms with E-state index in [-0.39, 0.29) is 0 Å². The molecular formula is C25H46O4. The average Bonchev–Trinajstić information content (AvgIpc) is 2.66. The molecule has 0 spiro atoms. The first kappa shape index (κ1) is 26.0. The zero-order valence-electron chi connectivity index (χ0n) is 19.3. The Morgan fingerprint density at radius 3 is 1.55 bits per heavy atom. The van der Waals surface area contributed by atoms with Gasteiger partial charge in [0.25, 0.3) is 0 Å². The van der Waals surface area contributed by atoms with E-state index < -0.39 is 22.8 Å². The van der Waals surface area contributed by atoms with Crippen molar-refractivity contribution in [3.05, 3.63) is 0 Å². The van der Waals surface area contributed by atoms with E-state index in [1.165, 1.54) is 44.9 Å². The summed E-state index contributed by atoms with van der Waals surface area (Å²) >= 11 is 0. The van der Waals surface area contributed by atoms with E-state index in [9.17, 15) is 19.8 Å². The molecule has 0 amide bonds. The number of carboxylic acid groups (broad SMARTS) is 2. The van der Waals surface area contributed by atoms with Gasteiger partial charge in [-0.25, -0.2) is 0 Å². The van der Waals surface area contributed by atoms with E-state index in [1.54, 1.807) is 0 Å². The molecule has 0 aromatic carbocycles. The van der Waals surface area contributed by atoms with Crippen molar-refractivity contribution in [2.45, 2.75) is 130 Å². The third-order valence-electron chi connectivity index (χ3n) is 7.25. The smallest absolute Gasteiger partial charge is 0.310 e. The lowest BCUT2D eigenvalue weighted by Gasteiger charge is -2.48. The first-order valence-corrected chi connectivity index (χ1v) is 12.3. The van der Waals surface area contributed by atoms with E-state index in [0.29, 0.717) is 25.7 Å². The Bertz CT molecular complexity index is 483. The summed E-state index contributed by atoms with van der Waals surface area (Å²) in [5, 5.41) is 20.1. The van der Waals surface area contributed by atoms with Crippen molar-refractivity contribution in [2.24, 2.45) is 16.7 Å². The van der Waals surface area contributed by atoms with Gasteiger partial charge in [0.2, 0.25) is 0 Å². The van der Waals surface area contributed by atoms with Crippen LogP contribution in [-0.2, 0) is 9.59 Å². The van der Waals surface area contributed by atoms with Crippen molar-refractivity contribution < 1.29 is 19.8 Å². The Hall–Kier alpha value is -1.06. The highest BCUT2D eigenvalue weighted by Crippen LogP contribution is 2.56. The molecule has 0 aromatic rings. The van der Waals surface area contributed by atoms with Crippen LogP contribution >= 0.6 is 0 Å². The molecule has 1 aliphatic rings. The fourth-order valence-corrected chi connectivity index (χ4v) is 5.54. The number of hydrogen-bond donors (Lipinski definition) is 2. The van der Waals surface area contributed by atoms with Gasteiger partial charge in [0, 0.05) is 0 Å². The van der Waals surface area contributed by atoms with Crippen LogP contribution in [0.5, 0.6) is 0 Å². The minimum absolute atomic E-state index is 0.478. The second kappa shape index (κ2) is 13.3. The van der Waals surface area contributed by atoms with E-state index in [4.69, 9.17) is 0 Å². The summed E-state index contributed by atoms with van der Waals surface area (Å²) in [7, 11) is 0. The molecule has 0 aliphatic heterocycles. The summed E-state index contributed by atoms with van der Waals surface area (Å²) in [6.07, 6.45) is 16.5. The highest BCUT2D eigenvalue weighted by Gasteiger charge is 2.60. The van der Waals surface area contributed by atoms with Gasteiger partial charge < -0.3 is 10.2 Å². The molecule has 29 heavy (non-hydrogen) atoms. The van der Waals surface area contributed by atoms with Crippen LogP contribution in [0.3, 0.4) is 0 Å². The molecule has 2 N–H and O–H groups in total. The van der Waals surface area contributed by atoms with E-state index in [0.717, 1.165) is 44.4 Å². The van der Waals surface area contributed by atoms with Gasteiger partial charge in [0.15, 0.2) is 0 Å². The minimum atomic E-state index is -1.08. The largest absolute Gasteiger partial charge is 0.481 e. The van der Waals surface area contributed by atoms with Crippen LogP contribution in [0.2, 0.25) is 0 Å². The monoisotopic (exact) mass is 410 g/mol. The highest BCUT2D eigenvalue weighted by molar-refractivity contribution is 5.87. The number of unbranched alkanes of at least 4 members (excludes halogenated alkanes) is 8. The molecular weight excluding hydrogens is 364 g/mol. The van der Waals surface area contributed by atoms with Crippen LogP contribution in [0, 0.1) is 16.7 Å². The number of hydrogen-bond acceptors (Lipinski definition) is 2. The average molecular weight is 411 g/mol. The third-order valence-corrected chi connectivity index (χ3v) is 7.25. The van der Waals surface area contributed by atoms with Crippen LogP contribution in [-0.4, -0.2) is 22.2 Å². The van der Waals surface area contributed by atoms with Gasteiger partial charge in [-0.3, -0.25) is 9.59 Å². The fraction of sp³-hybridized carbons (Fsp3) is 0.920. The lowest BCUT2D eigenvalue weighted by Crippen LogP contribution is -2.54. The fourth-order valence-electron chi connectivity index (χ4n) is 5.54. The van der Waals surface area contributed by atoms with Crippen molar-refractivity contribution in [3.63, 3.8) is 0 Å². The Morgan fingerprint density at radius 2 is 1.14 bits per heavy atom. The molecule has 2 unspecified atom stereocenters. The van der Waals surface area contributed by atoms with Crippen molar-refractivity contribution >= 4 is 11.9 Å². The maximum absolute atomic E-state index is 12.3. The molecule has 0 heterocycles. The third kappa shape index (κ3) is 7.29. The molecule has 4 nitrogen and oxygen atoms in total. The van der Waals surface area contributed by atoms with Crippen molar-refractivity contribution in [2.75, 3.05) is 0 Å². The molecule has 0 saturated heterocycles. The second-order valence-corrected chi connectivity index (χ2v) is 9.85. The van der Waals surface area contributed by atoms with Gasteiger partial charge in [-0.2, -0.15) is 0 Å². The maximum atomic E-state index is 12.3. The molecule has 1 saturated carbocycles. The zero-order valence-corrected chi connectivity index (χ0v) is 19.3. The first-order chi connectivity index (χ1) is 13.8. The molecule has 2 atom stereocenters. The van der Waals surface area contributed by atoms with E-state index in [2.05, 4.69) is 13.8 Å². The van der Waals surface area contributed by atoms with Gasteiger partial charge in [-0.15, -0.1) is 0 Å². The summed E-state index contributed by atoms with van der Waals surface area (Å²) in [6.45, 7) is 6.53. The Morgan fingerprint density at radius 1 is 0.724 bits per heavy atom. The molecule has 1 fully saturated rings. The predicted octanol–water partition coefficient (Wildman–Crippen LogP) is 7.45. The molecule has 170 valence electrons. The van der Waals surface area contributed by atoms with Gasteiger partial charge in [0.05, 0.1) is 10.8 Å². The zero-order chi connectivity index (χ0) is 21.8. The standard InChI is InChI=1S/C25H46O4/c1-4-17-24(22(26)27)19-14-15-20-25(24,23(28)29)18-13-11-9-7-5-6-8-10-12-16-21(2)3/h21H,4-20H2,1-3H3,(H,26,27)(H,28,29). The van der Waals surface area contributed by atoms with Gasteiger partial charge in [0.1, 0.15) is 0 Å². The normalized spacial score (nSPS) is 24.7. The Kier molecular flexibility index (Phi) is 11.9. The molecule has 0 aromatic heterocycles. The highest BCUT2D eigenvalue weighted by atomic mass is 16.4. The molecule has 0 bridgehead atoms. The first-order valence-electron chi connectivity index (χ1n) is 12.3. The van der Waals surface area contributed by atoms with Crippen molar-refractivity contribution in [1.82, 2.24) is 0 Å². The van der Waals surface area contributed by atoms with Crippen LogP contribution in [0.25, 0.3) is 0 Å². The molecule has 1 rings (SSSR count). The Balaban J connectivity index is 2.42. The lowest BCUT2D eigenvalue weighted by molar-refractivity contribution is -0.182. The topological polar surface area (TPSA) is 74.6 Å². The lowest BCUT2D eigenvalue weighted by atomic mass is 9.52. The number of aliphatic carboxylic acids is 2.